The van der Waals surface area contributed by atoms with E-state index in [-0.39, 0.29) is 17.6 Å². The van der Waals surface area contributed by atoms with Crippen LogP contribution in [0.4, 0.5) is 0 Å². The van der Waals surface area contributed by atoms with Crippen molar-refractivity contribution in [1.29, 1.82) is 5.26 Å². The Balaban J connectivity index is 1.34. The van der Waals surface area contributed by atoms with E-state index < -0.39 is 0 Å². The third-order valence-corrected chi connectivity index (χ3v) is 6.33. The number of piperidine rings is 1. The molecule has 0 saturated carbocycles. The fourth-order valence-corrected chi connectivity index (χ4v) is 4.74. The molecule has 28 heavy (non-hydrogen) atoms. The molecule has 3 aliphatic rings. The van der Waals surface area contributed by atoms with Gasteiger partial charge in [0, 0.05) is 52.1 Å². The van der Waals surface area contributed by atoms with Crippen LogP contribution in [0.1, 0.15) is 43.9 Å². The molecule has 0 aromatic carbocycles. The van der Waals surface area contributed by atoms with Crippen molar-refractivity contribution < 1.29 is 14.3 Å². The summed E-state index contributed by atoms with van der Waals surface area (Å²) in [7, 11) is 0. The monoisotopic (exact) mass is 386 g/mol. The summed E-state index contributed by atoms with van der Waals surface area (Å²) >= 11 is 0. The van der Waals surface area contributed by atoms with E-state index in [0.29, 0.717) is 6.61 Å². The van der Waals surface area contributed by atoms with Gasteiger partial charge in [0.1, 0.15) is 17.9 Å². The van der Waals surface area contributed by atoms with Crippen LogP contribution in [0.15, 0.2) is 12.3 Å². The van der Waals surface area contributed by atoms with Gasteiger partial charge >= 0.3 is 0 Å². The fourth-order valence-electron chi connectivity index (χ4n) is 4.74. The molecule has 0 N–H and O–H groups in total. The van der Waals surface area contributed by atoms with Crippen LogP contribution < -0.4 is 0 Å². The van der Waals surface area contributed by atoms with Crippen molar-refractivity contribution >= 4 is 5.91 Å². The van der Waals surface area contributed by atoms with Gasteiger partial charge in [-0.3, -0.25) is 9.69 Å². The average molecular weight is 386 g/mol. The molecule has 7 heteroatoms. The highest BCUT2D eigenvalue weighted by molar-refractivity contribution is 5.81. The molecule has 0 radical (unpaired) electrons. The molecule has 4 rings (SSSR count). The molecule has 0 aliphatic carbocycles. The number of nitrogens with zero attached hydrogens (tertiary/aromatic N) is 4. The van der Waals surface area contributed by atoms with Gasteiger partial charge < -0.3 is 18.9 Å². The SMILES string of the molecule is CCn1cc(CN2CCOC3(CCN(C(=O)C4CCCO4)CC3)C2)cc1C#N. The number of morpholine rings is 1. The summed E-state index contributed by atoms with van der Waals surface area (Å²) in [6.07, 6.45) is 5.45. The zero-order chi connectivity index (χ0) is 19.6. The number of likely N-dealkylation sites (tertiary alicyclic amines) is 1. The molecule has 3 fully saturated rings. The number of hydrogen-bond donors (Lipinski definition) is 0. The summed E-state index contributed by atoms with van der Waals surface area (Å²) in [5.41, 5.74) is 1.75. The van der Waals surface area contributed by atoms with Gasteiger partial charge in [0.2, 0.25) is 0 Å². The van der Waals surface area contributed by atoms with E-state index in [1.807, 2.05) is 15.5 Å². The highest BCUT2D eigenvalue weighted by Crippen LogP contribution is 2.31. The van der Waals surface area contributed by atoms with E-state index in [9.17, 15) is 10.1 Å². The first-order valence-electron chi connectivity index (χ1n) is 10.5. The molecular weight excluding hydrogens is 356 g/mol. The van der Waals surface area contributed by atoms with Crippen molar-refractivity contribution in [3.8, 4) is 6.07 Å². The lowest BCUT2D eigenvalue weighted by Crippen LogP contribution is -2.58. The van der Waals surface area contributed by atoms with Crippen LogP contribution in [0.3, 0.4) is 0 Å². The molecule has 4 heterocycles. The average Bonchev–Trinajstić information content (AvgIpc) is 3.38. The molecule has 7 nitrogen and oxygen atoms in total. The number of rotatable bonds is 4. The summed E-state index contributed by atoms with van der Waals surface area (Å²) in [4.78, 5) is 17.0. The van der Waals surface area contributed by atoms with Gasteiger partial charge in [-0.15, -0.1) is 0 Å². The molecule has 1 aromatic rings. The second kappa shape index (κ2) is 8.24. The number of nitriles is 1. The summed E-state index contributed by atoms with van der Waals surface area (Å²) in [6.45, 7) is 8.41. The smallest absolute Gasteiger partial charge is 0.251 e. The normalized spacial score (nSPS) is 25.1. The number of amides is 1. The number of hydrogen-bond acceptors (Lipinski definition) is 5. The van der Waals surface area contributed by atoms with Gasteiger partial charge in [0.25, 0.3) is 5.91 Å². The van der Waals surface area contributed by atoms with Crippen LogP contribution in [0, 0.1) is 11.3 Å². The Morgan fingerprint density at radius 1 is 1.32 bits per heavy atom. The Morgan fingerprint density at radius 2 is 2.14 bits per heavy atom. The molecule has 1 atom stereocenters. The highest BCUT2D eigenvalue weighted by Gasteiger charge is 2.41. The van der Waals surface area contributed by atoms with Crippen LogP contribution >= 0.6 is 0 Å². The first kappa shape index (κ1) is 19.4. The minimum atomic E-state index is -0.227. The molecule has 1 unspecified atom stereocenters. The predicted octanol–water partition coefficient (Wildman–Crippen LogP) is 1.75. The quantitative estimate of drug-likeness (QED) is 0.788. The third-order valence-electron chi connectivity index (χ3n) is 6.33. The number of carbonyl (C=O) groups excluding carboxylic acids is 1. The Kier molecular flexibility index (Phi) is 5.72. The Labute approximate surface area is 166 Å². The van der Waals surface area contributed by atoms with Crippen LogP contribution in [0.5, 0.6) is 0 Å². The summed E-state index contributed by atoms with van der Waals surface area (Å²) in [5.74, 6) is 0.157. The first-order chi connectivity index (χ1) is 13.6. The van der Waals surface area contributed by atoms with Crippen molar-refractivity contribution in [3.63, 3.8) is 0 Å². The van der Waals surface area contributed by atoms with Crippen molar-refractivity contribution in [2.24, 2.45) is 0 Å². The molecule has 1 aromatic heterocycles. The summed E-state index contributed by atoms with van der Waals surface area (Å²) in [6, 6.07) is 4.27. The second-order valence-electron chi connectivity index (χ2n) is 8.20. The molecule has 3 aliphatic heterocycles. The number of aryl methyl sites for hydroxylation is 1. The van der Waals surface area contributed by atoms with E-state index >= 15 is 0 Å². The lowest BCUT2D eigenvalue weighted by atomic mass is 9.89. The van der Waals surface area contributed by atoms with Gasteiger partial charge in [0.05, 0.1) is 12.2 Å². The maximum absolute atomic E-state index is 12.6. The van der Waals surface area contributed by atoms with Crippen LogP contribution in [0.2, 0.25) is 0 Å². The molecule has 1 amide bonds. The highest BCUT2D eigenvalue weighted by atomic mass is 16.5. The van der Waals surface area contributed by atoms with E-state index in [4.69, 9.17) is 9.47 Å². The standard InChI is InChI=1S/C21H30N4O3/c1-2-24-15-17(12-18(24)13-22)14-23-9-11-28-21(16-23)5-7-25(8-6-21)20(26)19-4-3-10-27-19/h12,15,19H,2-11,14,16H2,1H3. The lowest BCUT2D eigenvalue weighted by molar-refractivity contribution is -0.157. The summed E-state index contributed by atoms with van der Waals surface area (Å²) in [5, 5.41) is 9.27. The van der Waals surface area contributed by atoms with Crippen molar-refractivity contribution in [3.05, 3.63) is 23.5 Å². The minimum absolute atomic E-state index is 0.156. The van der Waals surface area contributed by atoms with Gasteiger partial charge in [-0.1, -0.05) is 0 Å². The van der Waals surface area contributed by atoms with Crippen LogP contribution in [-0.2, 0) is 27.4 Å². The zero-order valence-electron chi connectivity index (χ0n) is 16.7. The van der Waals surface area contributed by atoms with Gasteiger partial charge in [0.15, 0.2) is 0 Å². The van der Waals surface area contributed by atoms with Crippen molar-refractivity contribution in [2.45, 2.75) is 57.4 Å². The predicted molar refractivity (Wildman–Crippen MR) is 104 cm³/mol. The minimum Gasteiger partial charge on any atom is -0.372 e. The number of carbonyl (C=O) groups is 1. The van der Waals surface area contributed by atoms with Gasteiger partial charge in [-0.2, -0.15) is 5.26 Å². The molecular formula is C21H30N4O3. The Morgan fingerprint density at radius 3 is 2.79 bits per heavy atom. The molecule has 3 saturated heterocycles. The number of ether oxygens (including phenoxy) is 2. The van der Waals surface area contributed by atoms with Crippen LogP contribution in [0.25, 0.3) is 0 Å². The first-order valence-corrected chi connectivity index (χ1v) is 10.5. The topological polar surface area (TPSA) is 70.7 Å². The van der Waals surface area contributed by atoms with E-state index in [1.54, 1.807) is 0 Å². The zero-order valence-corrected chi connectivity index (χ0v) is 16.7. The third kappa shape index (κ3) is 3.95. The number of aromatic nitrogens is 1. The van der Waals surface area contributed by atoms with Crippen molar-refractivity contribution in [2.75, 3.05) is 39.4 Å². The Hall–Kier alpha value is -1.88. The molecule has 1 spiro atoms. The maximum Gasteiger partial charge on any atom is 0.251 e. The van der Waals surface area contributed by atoms with Crippen molar-refractivity contribution in [1.82, 2.24) is 14.4 Å². The van der Waals surface area contributed by atoms with Gasteiger partial charge in [-0.05, 0) is 44.2 Å². The lowest BCUT2D eigenvalue weighted by Gasteiger charge is -2.47. The van der Waals surface area contributed by atoms with E-state index in [1.165, 1.54) is 5.56 Å². The Bertz CT molecular complexity index is 739. The molecule has 152 valence electrons. The molecule has 0 bridgehead atoms. The second-order valence-corrected chi connectivity index (χ2v) is 8.20. The summed E-state index contributed by atoms with van der Waals surface area (Å²) < 4.78 is 13.8. The maximum atomic E-state index is 12.6. The van der Waals surface area contributed by atoms with Gasteiger partial charge in [-0.25, -0.2) is 0 Å². The van der Waals surface area contributed by atoms with E-state index in [0.717, 1.165) is 77.3 Å². The largest absolute Gasteiger partial charge is 0.372 e. The van der Waals surface area contributed by atoms with Crippen LogP contribution in [-0.4, -0.2) is 71.4 Å². The fraction of sp³-hybridized carbons (Fsp3) is 0.714. The van der Waals surface area contributed by atoms with E-state index in [2.05, 4.69) is 24.1 Å².